The molecule has 7 nitrogen and oxygen atoms in total. The van der Waals surface area contributed by atoms with Gasteiger partial charge in [0.2, 0.25) is 0 Å². The molecule has 2 N–H and O–H groups in total. The van der Waals surface area contributed by atoms with Crippen LogP contribution in [0.4, 0.5) is 0 Å². The van der Waals surface area contributed by atoms with Crippen molar-refractivity contribution in [3.05, 3.63) is 4.91 Å². The van der Waals surface area contributed by atoms with Crippen LogP contribution in [0.2, 0.25) is 0 Å². The minimum Gasteiger partial charge on any atom is -0.378 e. The third kappa shape index (κ3) is 15.4. The fourth-order valence-electron chi connectivity index (χ4n) is 0.947. The van der Waals surface area contributed by atoms with Crippen molar-refractivity contribution < 1.29 is 18.9 Å². The average Bonchev–Trinajstić information content (AvgIpc) is 2.35. The van der Waals surface area contributed by atoms with Gasteiger partial charge in [-0.3, -0.25) is 0 Å². The van der Waals surface area contributed by atoms with Crippen molar-refractivity contribution in [2.45, 2.75) is 0 Å². The van der Waals surface area contributed by atoms with E-state index in [9.17, 15) is 4.91 Å². The standard InChI is InChI=1S/C10H22N2O5/c11-1-3-14-5-7-16-9-10-17-8-6-15-4-2-12-13/h1-11H2. The highest BCUT2D eigenvalue weighted by molar-refractivity contribution is 4.38. The molecule has 0 aliphatic heterocycles. The maximum atomic E-state index is 9.71. The number of rotatable bonds is 14. The first kappa shape index (κ1) is 16.4. The lowest BCUT2D eigenvalue weighted by Gasteiger charge is -2.06. The molecule has 0 saturated heterocycles. The molecular weight excluding hydrogens is 228 g/mol. The molecule has 17 heavy (non-hydrogen) atoms. The van der Waals surface area contributed by atoms with Crippen LogP contribution in [0.15, 0.2) is 5.18 Å². The topological polar surface area (TPSA) is 92.4 Å². The highest BCUT2D eigenvalue weighted by atomic mass is 16.6. The molecule has 0 spiro atoms. The Balaban J connectivity index is 2.87. The fraction of sp³-hybridized carbons (Fsp3) is 1.00. The van der Waals surface area contributed by atoms with E-state index in [1.807, 2.05) is 0 Å². The Morgan fingerprint density at radius 1 is 0.706 bits per heavy atom. The Bertz CT molecular complexity index is 160. The molecule has 0 aromatic rings. The molecule has 0 rings (SSSR count). The smallest absolute Gasteiger partial charge is 0.104 e. The first-order valence-corrected chi connectivity index (χ1v) is 5.72. The van der Waals surface area contributed by atoms with Crippen LogP contribution in [0.5, 0.6) is 0 Å². The summed E-state index contributed by atoms with van der Waals surface area (Å²) in [6.45, 7) is 4.74. The van der Waals surface area contributed by atoms with Crippen LogP contribution < -0.4 is 5.73 Å². The summed E-state index contributed by atoms with van der Waals surface area (Å²) in [7, 11) is 0. The summed E-state index contributed by atoms with van der Waals surface area (Å²) in [5.41, 5.74) is 5.25. The molecule has 0 heterocycles. The van der Waals surface area contributed by atoms with Crippen molar-refractivity contribution in [3.63, 3.8) is 0 Å². The maximum absolute atomic E-state index is 9.71. The summed E-state index contributed by atoms with van der Waals surface area (Å²) >= 11 is 0. The monoisotopic (exact) mass is 250 g/mol. The van der Waals surface area contributed by atoms with Crippen LogP contribution in [-0.4, -0.2) is 65.9 Å². The van der Waals surface area contributed by atoms with E-state index in [-0.39, 0.29) is 6.54 Å². The van der Waals surface area contributed by atoms with Gasteiger partial charge < -0.3 is 24.7 Å². The Kier molecular flexibility index (Phi) is 14.9. The molecule has 0 fully saturated rings. The van der Waals surface area contributed by atoms with Crippen LogP contribution in [0.3, 0.4) is 0 Å². The molecule has 0 unspecified atom stereocenters. The number of nitroso groups, excluding NO2 is 1. The second-order valence-corrected chi connectivity index (χ2v) is 3.09. The van der Waals surface area contributed by atoms with Crippen molar-refractivity contribution in [1.29, 1.82) is 0 Å². The van der Waals surface area contributed by atoms with Gasteiger partial charge in [-0.15, -0.1) is 0 Å². The number of nitrogens with zero attached hydrogens (tertiary/aromatic N) is 1. The van der Waals surface area contributed by atoms with Crippen LogP contribution >= 0.6 is 0 Å². The number of nitrogens with two attached hydrogens (primary N) is 1. The zero-order chi connectivity index (χ0) is 12.6. The van der Waals surface area contributed by atoms with Crippen molar-refractivity contribution >= 4 is 0 Å². The van der Waals surface area contributed by atoms with E-state index in [2.05, 4.69) is 5.18 Å². The lowest BCUT2D eigenvalue weighted by Crippen LogP contribution is -2.14. The van der Waals surface area contributed by atoms with Gasteiger partial charge in [0.05, 0.1) is 52.9 Å². The summed E-state index contributed by atoms with van der Waals surface area (Å²) in [6.07, 6.45) is 0. The third-order valence-electron chi connectivity index (χ3n) is 1.71. The van der Waals surface area contributed by atoms with Gasteiger partial charge in [-0.2, -0.15) is 4.91 Å². The quantitative estimate of drug-likeness (QED) is 0.338. The molecule has 0 aliphatic carbocycles. The van der Waals surface area contributed by atoms with Gasteiger partial charge in [-0.1, -0.05) is 5.18 Å². The molecule has 0 saturated carbocycles. The SMILES string of the molecule is NCCOCCOCCOCCOCCN=O. The molecule has 0 aromatic carbocycles. The van der Waals surface area contributed by atoms with E-state index in [0.29, 0.717) is 59.4 Å². The summed E-state index contributed by atoms with van der Waals surface area (Å²) in [5.74, 6) is 0. The second kappa shape index (κ2) is 15.4. The minimum absolute atomic E-state index is 0.186. The van der Waals surface area contributed by atoms with E-state index < -0.39 is 0 Å². The van der Waals surface area contributed by atoms with E-state index in [4.69, 9.17) is 24.7 Å². The van der Waals surface area contributed by atoms with Gasteiger partial charge in [0, 0.05) is 6.54 Å². The zero-order valence-corrected chi connectivity index (χ0v) is 10.1. The van der Waals surface area contributed by atoms with E-state index >= 15 is 0 Å². The Morgan fingerprint density at radius 3 is 1.53 bits per heavy atom. The molecule has 7 heteroatoms. The largest absolute Gasteiger partial charge is 0.378 e. The van der Waals surface area contributed by atoms with Gasteiger partial charge in [0.25, 0.3) is 0 Å². The third-order valence-corrected chi connectivity index (χ3v) is 1.71. The average molecular weight is 250 g/mol. The first-order valence-electron chi connectivity index (χ1n) is 5.72. The summed E-state index contributed by atoms with van der Waals surface area (Å²) in [5, 5.41) is 2.67. The molecule has 0 bridgehead atoms. The van der Waals surface area contributed by atoms with Gasteiger partial charge in [-0.05, 0) is 0 Å². The van der Waals surface area contributed by atoms with Crippen molar-refractivity contribution in [2.75, 3.05) is 65.9 Å². The highest BCUT2D eigenvalue weighted by Gasteiger charge is 1.92. The van der Waals surface area contributed by atoms with Gasteiger partial charge in [0.1, 0.15) is 6.54 Å². The molecular formula is C10H22N2O5. The summed E-state index contributed by atoms with van der Waals surface area (Å²) in [4.78, 5) is 9.71. The molecule has 102 valence electrons. The first-order chi connectivity index (χ1) is 8.41. The van der Waals surface area contributed by atoms with Gasteiger partial charge >= 0.3 is 0 Å². The molecule has 0 aliphatic rings. The van der Waals surface area contributed by atoms with E-state index in [1.54, 1.807) is 0 Å². The van der Waals surface area contributed by atoms with Crippen molar-refractivity contribution in [2.24, 2.45) is 10.9 Å². The van der Waals surface area contributed by atoms with Crippen LogP contribution in [0.25, 0.3) is 0 Å². The van der Waals surface area contributed by atoms with Crippen LogP contribution in [0, 0.1) is 4.91 Å². The Morgan fingerprint density at radius 2 is 1.12 bits per heavy atom. The normalized spacial score (nSPS) is 10.6. The minimum atomic E-state index is 0.186. The molecule has 0 radical (unpaired) electrons. The molecule has 0 aromatic heterocycles. The van der Waals surface area contributed by atoms with E-state index in [0.717, 1.165) is 0 Å². The number of ether oxygens (including phenoxy) is 4. The van der Waals surface area contributed by atoms with Crippen molar-refractivity contribution in [3.8, 4) is 0 Å². The Hall–Kier alpha value is -0.600. The van der Waals surface area contributed by atoms with Crippen LogP contribution in [-0.2, 0) is 18.9 Å². The predicted octanol–water partition coefficient (Wildman–Crippen LogP) is -0.222. The van der Waals surface area contributed by atoms with E-state index in [1.165, 1.54) is 0 Å². The van der Waals surface area contributed by atoms with Crippen molar-refractivity contribution in [1.82, 2.24) is 0 Å². The predicted molar refractivity (Wildman–Crippen MR) is 63.0 cm³/mol. The highest BCUT2D eigenvalue weighted by Crippen LogP contribution is 1.82. The lowest BCUT2D eigenvalue weighted by atomic mass is 10.6. The second-order valence-electron chi connectivity index (χ2n) is 3.09. The summed E-state index contributed by atoms with van der Waals surface area (Å²) in [6, 6.07) is 0. The maximum Gasteiger partial charge on any atom is 0.104 e. The summed E-state index contributed by atoms with van der Waals surface area (Å²) < 4.78 is 20.6. The number of hydrogen-bond donors (Lipinski definition) is 1. The van der Waals surface area contributed by atoms with Crippen LogP contribution in [0.1, 0.15) is 0 Å². The Labute approximate surface area is 102 Å². The van der Waals surface area contributed by atoms with Gasteiger partial charge in [0.15, 0.2) is 0 Å². The number of hydrogen-bond acceptors (Lipinski definition) is 7. The lowest BCUT2D eigenvalue weighted by molar-refractivity contribution is -0.000142. The zero-order valence-electron chi connectivity index (χ0n) is 10.1. The fourth-order valence-corrected chi connectivity index (χ4v) is 0.947. The van der Waals surface area contributed by atoms with Gasteiger partial charge in [-0.25, -0.2) is 0 Å². The molecule has 0 atom stereocenters. The molecule has 0 amide bonds.